The van der Waals surface area contributed by atoms with E-state index >= 15 is 0 Å². The first-order valence-electron chi connectivity index (χ1n) is 9.61. The number of hydrogen-bond acceptors (Lipinski definition) is 7. The van der Waals surface area contributed by atoms with Crippen LogP contribution in [0.1, 0.15) is 39.5 Å². The van der Waals surface area contributed by atoms with Gasteiger partial charge in [-0.2, -0.15) is 5.06 Å². The number of esters is 1. The van der Waals surface area contributed by atoms with Crippen molar-refractivity contribution < 1.29 is 39.3 Å². The maximum absolute atomic E-state index is 12.2. The third-order valence-electron chi connectivity index (χ3n) is 5.57. The van der Waals surface area contributed by atoms with Gasteiger partial charge in [-0.05, 0) is 39.5 Å². The van der Waals surface area contributed by atoms with Crippen molar-refractivity contribution in [1.82, 2.24) is 5.06 Å². The number of allylic oxidation sites excluding steroid dienone is 2. The summed E-state index contributed by atoms with van der Waals surface area (Å²) in [5, 5.41) is 26.2. The van der Waals surface area contributed by atoms with Gasteiger partial charge in [0.05, 0.1) is 11.5 Å². The van der Waals surface area contributed by atoms with Gasteiger partial charge in [0.15, 0.2) is 0 Å². The highest BCUT2D eigenvalue weighted by atomic mass is 16.6. The van der Waals surface area contributed by atoms with Crippen LogP contribution in [-0.2, 0) is 23.9 Å². The minimum atomic E-state index is -1.26. The molecule has 9 nitrogen and oxygen atoms in total. The zero-order valence-electron chi connectivity index (χ0n) is 16.9. The minimum Gasteiger partial charge on any atom is -0.478 e. The highest BCUT2D eigenvalue weighted by Gasteiger charge is 2.62. The number of carbonyl (C=O) groups is 3. The molecular weight excluding hydrogens is 382 g/mol. The maximum atomic E-state index is 12.2. The van der Waals surface area contributed by atoms with Gasteiger partial charge in [-0.3, -0.25) is 4.79 Å². The molecule has 2 aliphatic heterocycles. The topological polar surface area (TPSA) is 137 Å². The number of nitrogens with zero attached hydrogens (tertiary/aromatic N) is 1. The number of carbonyl (C=O) groups excluding carboxylic acids is 1. The molecule has 2 fully saturated rings. The Kier molecular flexibility index (Phi) is 7.56. The van der Waals surface area contributed by atoms with Crippen molar-refractivity contribution >= 4 is 17.9 Å². The zero-order valence-corrected chi connectivity index (χ0v) is 16.9. The summed E-state index contributed by atoms with van der Waals surface area (Å²) in [6, 6.07) is 0. The van der Waals surface area contributed by atoms with Crippen LogP contribution < -0.4 is 0 Å². The largest absolute Gasteiger partial charge is 0.478 e. The van der Waals surface area contributed by atoms with E-state index in [0.717, 1.165) is 30.7 Å². The van der Waals surface area contributed by atoms with Gasteiger partial charge in [0.25, 0.3) is 0 Å². The average molecular weight is 411 g/mol. The Morgan fingerprint density at radius 3 is 2.48 bits per heavy atom. The summed E-state index contributed by atoms with van der Waals surface area (Å²) in [4.78, 5) is 31.3. The molecule has 29 heavy (non-hydrogen) atoms. The van der Waals surface area contributed by atoms with Crippen LogP contribution in [0, 0.1) is 11.8 Å². The first-order valence-corrected chi connectivity index (χ1v) is 9.61. The van der Waals surface area contributed by atoms with Crippen LogP contribution in [0.25, 0.3) is 0 Å². The summed E-state index contributed by atoms with van der Waals surface area (Å²) < 4.78 is 11.5. The summed E-state index contributed by atoms with van der Waals surface area (Å²) in [6.45, 7) is 4.58. The molecule has 9 heteroatoms. The standard InChI is InChI=1S/C16H25NO4.C4H4O4/c1-10-5-4-8-16(2)14(21-16)13-11(7-6-10)12(9-17(3)19)15(18)20-13;5-3(6)1-2-4(7)8/h5,11-14,19H,4,6-9H2,1-3H3;1-2H,(H,5,6)(H,7,8)/b10-5+;2-1+/t11-,12-,13+,14-,16+;/m0./s1. The van der Waals surface area contributed by atoms with E-state index < -0.39 is 11.9 Å². The summed E-state index contributed by atoms with van der Waals surface area (Å²) in [6.07, 6.45) is 7.15. The van der Waals surface area contributed by atoms with Crippen molar-refractivity contribution in [2.24, 2.45) is 11.8 Å². The summed E-state index contributed by atoms with van der Waals surface area (Å²) in [7, 11) is 1.57. The highest BCUT2D eigenvalue weighted by Crippen LogP contribution is 2.50. The second-order valence-corrected chi connectivity index (χ2v) is 8.00. The molecule has 3 rings (SSSR count). The van der Waals surface area contributed by atoms with Crippen LogP contribution in [0.3, 0.4) is 0 Å². The first kappa shape index (κ1) is 23.1. The average Bonchev–Trinajstić information content (AvgIpc) is 3.19. The van der Waals surface area contributed by atoms with E-state index in [0.29, 0.717) is 18.7 Å². The van der Waals surface area contributed by atoms with Crippen LogP contribution in [0.5, 0.6) is 0 Å². The van der Waals surface area contributed by atoms with E-state index in [1.54, 1.807) is 7.05 Å². The van der Waals surface area contributed by atoms with Crippen molar-refractivity contribution in [3.05, 3.63) is 23.8 Å². The number of aliphatic carboxylic acids is 2. The lowest BCUT2D eigenvalue weighted by Crippen LogP contribution is -2.34. The maximum Gasteiger partial charge on any atom is 0.328 e. The molecule has 0 aromatic heterocycles. The molecule has 0 aromatic carbocycles. The number of hydrogen-bond donors (Lipinski definition) is 3. The van der Waals surface area contributed by atoms with E-state index in [4.69, 9.17) is 19.7 Å². The zero-order chi connectivity index (χ0) is 21.8. The molecule has 0 saturated carbocycles. The molecule has 1 aliphatic carbocycles. The molecule has 0 amide bonds. The van der Waals surface area contributed by atoms with Gasteiger partial charge in [-0.15, -0.1) is 0 Å². The van der Waals surface area contributed by atoms with Gasteiger partial charge < -0.3 is 24.9 Å². The second-order valence-electron chi connectivity index (χ2n) is 8.00. The lowest BCUT2D eigenvalue weighted by molar-refractivity contribution is -0.148. The van der Waals surface area contributed by atoms with E-state index in [2.05, 4.69) is 19.9 Å². The summed E-state index contributed by atoms with van der Waals surface area (Å²) in [5.41, 5.74) is 1.21. The Balaban J connectivity index is 0.000000321. The molecule has 162 valence electrons. The molecule has 5 atom stereocenters. The molecule has 3 N–H and O–H groups in total. The van der Waals surface area contributed by atoms with E-state index in [-0.39, 0.29) is 35.6 Å². The fraction of sp³-hybridized carbons (Fsp3) is 0.650. The number of ether oxygens (including phenoxy) is 2. The number of fused-ring (bicyclic) bond motifs is 3. The summed E-state index contributed by atoms with van der Waals surface area (Å²) >= 11 is 0. The fourth-order valence-electron chi connectivity index (χ4n) is 3.97. The fourth-order valence-corrected chi connectivity index (χ4v) is 3.97. The molecule has 2 saturated heterocycles. The predicted octanol–water partition coefficient (Wildman–Crippen LogP) is 1.85. The highest BCUT2D eigenvalue weighted by molar-refractivity contribution is 5.89. The van der Waals surface area contributed by atoms with Crippen LogP contribution in [0.2, 0.25) is 0 Å². The van der Waals surface area contributed by atoms with Crippen molar-refractivity contribution in [3.63, 3.8) is 0 Å². The van der Waals surface area contributed by atoms with Gasteiger partial charge in [0.2, 0.25) is 0 Å². The SMILES string of the molecule is C/C1=C\CC[C@@]2(C)O[C@H]2[C@@H]2OC(=O)[C@@H](CN(C)O)[C@@H]2CC1.O=C(O)/C=C/C(=O)O. The molecule has 0 bridgehead atoms. The minimum absolute atomic E-state index is 0.0206. The van der Waals surface area contributed by atoms with Crippen LogP contribution in [0.4, 0.5) is 0 Å². The molecule has 0 radical (unpaired) electrons. The van der Waals surface area contributed by atoms with Crippen LogP contribution >= 0.6 is 0 Å². The first-order chi connectivity index (χ1) is 13.5. The van der Waals surface area contributed by atoms with Gasteiger partial charge in [0.1, 0.15) is 12.2 Å². The smallest absolute Gasteiger partial charge is 0.328 e. The normalized spacial score (nSPS) is 35.5. The van der Waals surface area contributed by atoms with Gasteiger partial charge in [-0.25, -0.2) is 9.59 Å². The van der Waals surface area contributed by atoms with Crippen molar-refractivity contribution in [3.8, 4) is 0 Å². The molecule has 0 unspecified atom stereocenters. The van der Waals surface area contributed by atoms with E-state index in [1.807, 2.05) is 0 Å². The number of rotatable bonds is 4. The molecule has 3 aliphatic rings. The molecule has 0 aromatic rings. The number of carboxylic acid groups (broad SMARTS) is 2. The molecule has 0 spiro atoms. The third-order valence-corrected chi connectivity index (χ3v) is 5.57. The van der Waals surface area contributed by atoms with Crippen molar-refractivity contribution in [1.29, 1.82) is 0 Å². The lowest BCUT2D eigenvalue weighted by Gasteiger charge is -2.23. The Bertz CT molecular complexity index is 685. The number of carboxylic acids is 2. The van der Waals surface area contributed by atoms with Gasteiger partial charge >= 0.3 is 17.9 Å². The van der Waals surface area contributed by atoms with E-state index in [1.165, 1.54) is 5.57 Å². The number of epoxide rings is 1. The lowest BCUT2D eigenvalue weighted by atomic mass is 9.80. The monoisotopic (exact) mass is 411 g/mol. The third kappa shape index (κ3) is 6.38. The Labute approximate surface area is 169 Å². The predicted molar refractivity (Wildman–Crippen MR) is 101 cm³/mol. The van der Waals surface area contributed by atoms with Crippen molar-refractivity contribution in [2.75, 3.05) is 13.6 Å². The molecular formula is C20H29NO8. The van der Waals surface area contributed by atoms with Crippen molar-refractivity contribution in [2.45, 2.75) is 57.3 Å². The van der Waals surface area contributed by atoms with Crippen LogP contribution in [-0.4, -0.2) is 69.8 Å². The number of hydroxylamine groups is 2. The summed E-state index contributed by atoms with van der Waals surface area (Å²) in [5.74, 6) is -2.84. The van der Waals surface area contributed by atoms with Gasteiger partial charge in [-0.1, -0.05) is 11.6 Å². The van der Waals surface area contributed by atoms with Gasteiger partial charge in [0, 0.05) is 31.7 Å². The quantitative estimate of drug-likeness (QED) is 0.208. The Morgan fingerprint density at radius 1 is 1.31 bits per heavy atom. The Morgan fingerprint density at radius 2 is 1.93 bits per heavy atom. The molecule has 2 heterocycles. The van der Waals surface area contributed by atoms with Crippen LogP contribution in [0.15, 0.2) is 23.8 Å². The Hall–Kier alpha value is -2.23. The van der Waals surface area contributed by atoms with E-state index in [9.17, 15) is 19.6 Å². The second kappa shape index (κ2) is 9.51.